The van der Waals surface area contributed by atoms with Gasteiger partial charge in [0.05, 0.1) is 35.9 Å². The Labute approximate surface area is 162 Å². The highest BCUT2D eigenvalue weighted by Gasteiger charge is 2.12. The Kier molecular flexibility index (Phi) is 4.85. The van der Waals surface area contributed by atoms with Gasteiger partial charge >= 0.3 is 0 Å². The van der Waals surface area contributed by atoms with E-state index in [4.69, 9.17) is 9.15 Å². The number of benzene rings is 2. The Morgan fingerprint density at radius 3 is 2.79 bits per heavy atom. The fourth-order valence-corrected chi connectivity index (χ4v) is 3.12. The van der Waals surface area contributed by atoms with Gasteiger partial charge in [-0.3, -0.25) is 4.68 Å². The quantitative estimate of drug-likeness (QED) is 0.474. The van der Waals surface area contributed by atoms with Gasteiger partial charge in [0.25, 0.3) is 0 Å². The van der Waals surface area contributed by atoms with Gasteiger partial charge in [-0.25, -0.2) is 4.98 Å². The maximum absolute atomic E-state index is 9.43. The van der Waals surface area contributed by atoms with Crippen molar-refractivity contribution < 1.29 is 14.3 Å². The zero-order valence-corrected chi connectivity index (χ0v) is 15.6. The number of oxazole rings is 1. The van der Waals surface area contributed by atoms with Crippen molar-refractivity contribution in [1.82, 2.24) is 14.8 Å². The first-order valence-corrected chi connectivity index (χ1v) is 9.07. The van der Waals surface area contributed by atoms with E-state index in [0.717, 1.165) is 33.7 Å². The van der Waals surface area contributed by atoms with E-state index in [-0.39, 0.29) is 12.3 Å². The molecule has 142 valence electrons. The Balaban J connectivity index is 1.47. The molecule has 0 aliphatic carbocycles. The number of aliphatic hydroxyl groups is 1. The summed E-state index contributed by atoms with van der Waals surface area (Å²) in [4.78, 5) is 4.61. The molecule has 2 aromatic heterocycles. The lowest BCUT2D eigenvalue weighted by molar-refractivity contribution is 0.323. The Morgan fingerprint density at radius 1 is 1.18 bits per heavy atom. The molecular formula is C22H21N3O3. The largest absolute Gasteiger partial charge is 0.511 e. The van der Waals surface area contributed by atoms with Gasteiger partial charge in [-0.1, -0.05) is 30.8 Å². The molecule has 0 atom stereocenters. The number of hydrogen-bond donors (Lipinski definition) is 1. The van der Waals surface area contributed by atoms with E-state index in [1.807, 2.05) is 55.5 Å². The van der Waals surface area contributed by atoms with Gasteiger partial charge in [0, 0.05) is 12.0 Å². The van der Waals surface area contributed by atoms with E-state index in [9.17, 15) is 5.11 Å². The van der Waals surface area contributed by atoms with Crippen molar-refractivity contribution in [3.8, 4) is 17.2 Å². The van der Waals surface area contributed by atoms with Gasteiger partial charge in [-0.15, -0.1) is 0 Å². The smallest absolute Gasteiger partial charge is 0.226 e. The van der Waals surface area contributed by atoms with Gasteiger partial charge in [-0.05, 0) is 31.2 Å². The lowest BCUT2D eigenvalue weighted by Gasteiger charge is -2.07. The van der Waals surface area contributed by atoms with Crippen LogP contribution in [0, 0.1) is 6.92 Å². The summed E-state index contributed by atoms with van der Waals surface area (Å²) in [6.07, 6.45) is 2.38. The average Bonchev–Trinajstić information content (AvgIpc) is 3.27. The summed E-state index contributed by atoms with van der Waals surface area (Å²) < 4.78 is 13.5. The summed E-state index contributed by atoms with van der Waals surface area (Å²) in [6, 6.07) is 15.6. The molecule has 28 heavy (non-hydrogen) atoms. The molecule has 6 nitrogen and oxygen atoms in total. The van der Waals surface area contributed by atoms with Gasteiger partial charge in [-0.2, -0.15) is 5.10 Å². The highest BCUT2D eigenvalue weighted by molar-refractivity contribution is 5.85. The molecule has 1 N–H and O–H groups in total. The number of aromatic nitrogens is 3. The van der Waals surface area contributed by atoms with Crippen molar-refractivity contribution >= 4 is 10.9 Å². The van der Waals surface area contributed by atoms with Crippen molar-refractivity contribution in [2.24, 2.45) is 0 Å². The molecule has 2 heterocycles. The van der Waals surface area contributed by atoms with Crippen LogP contribution in [0.3, 0.4) is 0 Å². The minimum Gasteiger partial charge on any atom is -0.511 e. The molecule has 0 radical (unpaired) electrons. The predicted octanol–water partition coefficient (Wildman–Crippen LogP) is 4.69. The molecule has 0 bridgehead atoms. The number of allylic oxidation sites excluding steroid dienone is 1. The second kappa shape index (κ2) is 7.60. The van der Waals surface area contributed by atoms with Gasteiger partial charge in [0.15, 0.2) is 0 Å². The number of fused-ring (bicyclic) bond motifs is 1. The van der Waals surface area contributed by atoms with E-state index in [1.165, 1.54) is 0 Å². The van der Waals surface area contributed by atoms with Crippen LogP contribution in [-0.2, 0) is 13.0 Å². The third kappa shape index (κ3) is 3.62. The second-order valence-electron chi connectivity index (χ2n) is 6.54. The molecule has 4 aromatic rings. The Bertz CT molecular complexity index is 1110. The highest BCUT2D eigenvalue weighted by atomic mass is 16.5. The minimum atomic E-state index is 0.0621. The second-order valence-corrected chi connectivity index (χ2v) is 6.54. The first-order chi connectivity index (χ1) is 13.6. The number of rotatable bonds is 7. The molecular weight excluding hydrogens is 354 g/mol. The molecule has 0 aliphatic rings. The fourth-order valence-electron chi connectivity index (χ4n) is 3.12. The number of hydrogen-bond acceptors (Lipinski definition) is 5. The van der Waals surface area contributed by atoms with E-state index in [0.29, 0.717) is 18.9 Å². The van der Waals surface area contributed by atoms with Crippen LogP contribution in [0.1, 0.15) is 11.5 Å². The molecule has 2 aromatic carbocycles. The maximum atomic E-state index is 9.43. The first-order valence-electron chi connectivity index (χ1n) is 9.07. The summed E-state index contributed by atoms with van der Waals surface area (Å²) in [5.41, 5.74) is 2.73. The first kappa shape index (κ1) is 17.9. The van der Waals surface area contributed by atoms with Crippen molar-refractivity contribution in [2.75, 3.05) is 6.61 Å². The normalized spacial score (nSPS) is 11.0. The lowest BCUT2D eigenvalue weighted by atomic mass is 10.2. The van der Waals surface area contributed by atoms with Crippen LogP contribution in [0.25, 0.3) is 22.4 Å². The van der Waals surface area contributed by atoms with Crippen LogP contribution in [-0.4, -0.2) is 26.5 Å². The minimum absolute atomic E-state index is 0.0621. The number of aliphatic hydroxyl groups excluding tert-OH is 1. The van der Waals surface area contributed by atoms with Crippen LogP contribution < -0.4 is 4.74 Å². The van der Waals surface area contributed by atoms with Gasteiger partial charge < -0.3 is 14.3 Å². The Morgan fingerprint density at radius 2 is 2.00 bits per heavy atom. The van der Waals surface area contributed by atoms with E-state index in [1.54, 1.807) is 10.9 Å². The van der Waals surface area contributed by atoms with Crippen molar-refractivity contribution in [3.05, 3.63) is 78.5 Å². The molecule has 0 saturated heterocycles. The number of ether oxygens (including phenoxy) is 1. The number of nitrogens with zero attached hydrogens (tertiary/aromatic N) is 3. The molecule has 0 saturated carbocycles. The van der Waals surface area contributed by atoms with Gasteiger partial charge in [0.2, 0.25) is 5.89 Å². The van der Waals surface area contributed by atoms with Crippen LogP contribution in [0.4, 0.5) is 0 Å². The zero-order valence-electron chi connectivity index (χ0n) is 15.6. The zero-order chi connectivity index (χ0) is 19.5. The highest BCUT2D eigenvalue weighted by Crippen LogP contribution is 2.26. The van der Waals surface area contributed by atoms with E-state index >= 15 is 0 Å². The predicted molar refractivity (Wildman–Crippen MR) is 107 cm³/mol. The standard InChI is InChI=1S/C22H21N3O3/c1-15(26)14-25-20-9-6-10-21(18(20)13-23-25)27-12-11-19-16(2)28-22(24-19)17-7-4-3-5-8-17/h3-10,13,26H,1,11-12,14H2,2H3. The lowest BCUT2D eigenvalue weighted by Crippen LogP contribution is -2.03. The van der Waals surface area contributed by atoms with Crippen LogP contribution in [0.5, 0.6) is 5.75 Å². The maximum Gasteiger partial charge on any atom is 0.226 e. The molecule has 0 unspecified atom stereocenters. The van der Waals surface area contributed by atoms with Crippen molar-refractivity contribution in [2.45, 2.75) is 19.9 Å². The SMILES string of the molecule is C=C(O)Cn1ncc2c(OCCc3nc(-c4ccccc4)oc3C)cccc21. The third-order valence-corrected chi connectivity index (χ3v) is 4.49. The molecule has 0 amide bonds. The summed E-state index contributed by atoms with van der Waals surface area (Å²) >= 11 is 0. The summed E-state index contributed by atoms with van der Waals surface area (Å²) in [5, 5.41) is 14.6. The van der Waals surface area contributed by atoms with Gasteiger partial charge in [0.1, 0.15) is 17.3 Å². The monoisotopic (exact) mass is 375 g/mol. The number of aryl methyl sites for hydroxylation is 1. The molecule has 0 spiro atoms. The van der Waals surface area contributed by atoms with Crippen molar-refractivity contribution in [3.63, 3.8) is 0 Å². The molecule has 0 fully saturated rings. The van der Waals surface area contributed by atoms with Crippen molar-refractivity contribution in [1.29, 1.82) is 0 Å². The van der Waals surface area contributed by atoms with Crippen LogP contribution in [0.15, 0.2) is 71.5 Å². The fraction of sp³-hybridized carbons (Fsp3) is 0.182. The average molecular weight is 375 g/mol. The topological polar surface area (TPSA) is 73.3 Å². The summed E-state index contributed by atoms with van der Waals surface area (Å²) in [6.45, 7) is 6.17. The van der Waals surface area contributed by atoms with Crippen LogP contribution >= 0.6 is 0 Å². The van der Waals surface area contributed by atoms with E-state index in [2.05, 4.69) is 16.7 Å². The molecule has 0 aliphatic heterocycles. The summed E-state index contributed by atoms with van der Waals surface area (Å²) in [7, 11) is 0. The summed E-state index contributed by atoms with van der Waals surface area (Å²) in [5.74, 6) is 2.24. The molecule has 4 rings (SSSR count). The van der Waals surface area contributed by atoms with Crippen LogP contribution in [0.2, 0.25) is 0 Å². The third-order valence-electron chi connectivity index (χ3n) is 4.49. The van der Waals surface area contributed by atoms with E-state index < -0.39 is 0 Å². The molecule has 6 heteroatoms. The Hall–Kier alpha value is -3.54.